The highest BCUT2D eigenvalue weighted by molar-refractivity contribution is 6.32. The lowest BCUT2D eigenvalue weighted by molar-refractivity contribution is -0.384. The largest absolute Gasteiger partial charge is 0.482 e. The van der Waals surface area contributed by atoms with E-state index in [4.69, 9.17) is 27.9 Å². The molecule has 0 aliphatic heterocycles. The second-order valence-corrected chi connectivity index (χ2v) is 7.81. The number of non-ortho nitro benzene ring substituents is 1. The summed E-state index contributed by atoms with van der Waals surface area (Å²) in [4.78, 5) is 34.8. The number of amides is 2. The Morgan fingerprint density at radius 1 is 1.03 bits per heavy atom. The molecule has 0 saturated carbocycles. The van der Waals surface area contributed by atoms with E-state index in [1.54, 1.807) is 36.4 Å². The molecule has 3 rings (SSSR count). The summed E-state index contributed by atoms with van der Waals surface area (Å²) < 4.78 is 5.45. The van der Waals surface area contributed by atoms with Gasteiger partial charge in [-0.25, -0.2) is 0 Å². The fourth-order valence-electron chi connectivity index (χ4n) is 2.81. The molecule has 9 nitrogen and oxygen atoms in total. The highest BCUT2D eigenvalue weighted by Crippen LogP contribution is 2.27. The van der Waals surface area contributed by atoms with E-state index in [2.05, 4.69) is 10.6 Å². The van der Waals surface area contributed by atoms with Crippen molar-refractivity contribution in [1.29, 1.82) is 5.26 Å². The molecule has 0 atom stereocenters. The lowest BCUT2D eigenvalue weighted by atomic mass is 10.1. The van der Waals surface area contributed by atoms with Gasteiger partial charge >= 0.3 is 0 Å². The van der Waals surface area contributed by atoms with E-state index in [1.165, 1.54) is 42.5 Å². The van der Waals surface area contributed by atoms with Gasteiger partial charge in [-0.15, -0.1) is 0 Å². The van der Waals surface area contributed by atoms with Crippen LogP contribution in [0.4, 0.5) is 17.1 Å². The summed E-state index contributed by atoms with van der Waals surface area (Å²) in [6.45, 7) is -0.299. The summed E-state index contributed by atoms with van der Waals surface area (Å²) in [6, 6.07) is 18.2. The van der Waals surface area contributed by atoms with E-state index in [0.717, 1.165) is 0 Å². The van der Waals surface area contributed by atoms with Crippen LogP contribution in [0.3, 0.4) is 0 Å². The summed E-state index contributed by atoms with van der Waals surface area (Å²) in [7, 11) is 0. The van der Waals surface area contributed by atoms with Crippen LogP contribution in [-0.4, -0.2) is 23.3 Å². The molecule has 2 N–H and O–H groups in total. The number of ether oxygens (including phenoxy) is 1. The zero-order valence-corrected chi connectivity index (χ0v) is 19.3. The van der Waals surface area contributed by atoms with Gasteiger partial charge in [-0.05, 0) is 54.1 Å². The smallest absolute Gasteiger partial charge is 0.271 e. The summed E-state index contributed by atoms with van der Waals surface area (Å²) in [6.07, 6.45) is 1.30. The van der Waals surface area contributed by atoms with Gasteiger partial charge in [-0.2, -0.15) is 5.26 Å². The Hall–Kier alpha value is -4.39. The number of nitrogens with zero attached hydrogens (tertiary/aromatic N) is 2. The van der Waals surface area contributed by atoms with E-state index in [1.807, 2.05) is 0 Å². The van der Waals surface area contributed by atoms with Gasteiger partial charge in [0, 0.05) is 28.5 Å². The van der Waals surface area contributed by atoms with Crippen LogP contribution in [0.25, 0.3) is 6.08 Å². The van der Waals surface area contributed by atoms with Crippen LogP contribution in [-0.2, 0) is 9.59 Å². The molecule has 0 radical (unpaired) electrons. The quantitative estimate of drug-likeness (QED) is 0.178. The number of halogens is 2. The zero-order valence-electron chi connectivity index (χ0n) is 17.8. The number of carbonyl (C=O) groups is 2. The van der Waals surface area contributed by atoms with E-state index >= 15 is 0 Å². The van der Waals surface area contributed by atoms with Crippen molar-refractivity contribution in [2.45, 2.75) is 0 Å². The molecule has 0 fully saturated rings. The van der Waals surface area contributed by atoms with E-state index in [9.17, 15) is 25.0 Å². The molecule has 0 aromatic heterocycles. The minimum Gasteiger partial charge on any atom is -0.482 e. The minimum atomic E-state index is -0.747. The molecule has 3 aromatic rings. The van der Waals surface area contributed by atoms with Crippen molar-refractivity contribution in [2.75, 3.05) is 17.2 Å². The molecule has 0 saturated heterocycles. The first-order valence-corrected chi connectivity index (χ1v) is 10.7. The molecule has 0 unspecified atom stereocenters. The third-order valence-corrected chi connectivity index (χ3v) is 4.98. The molecular weight excluding hydrogens is 495 g/mol. The summed E-state index contributed by atoms with van der Waals surface area (Å²) in [5, 5.41) is 26.1. The molecule has 0 heterocycles. The van der Waals surface area contributed by atoms with Crippen LogP contribution in [0, 0.1) is 21.4 Å². The summed E-state index contributed by atoms with van der Waals surface area (Å²) in [5.41, 5.74) is 0.711. The first-order valence-electron chi connectivity index (χ1n) is 9.90. The van der Waals surface area contributed by atoms with Gasteiger partial charge in [0.2, 0.25) is 0 Å². The Kier molecular flexibility index (Phi) is 8.40. The Morgan fingerprint density at radius 2 is 1.77 bits per heavy atom. The van der Waals surface area contributed by atoms with Crippen LogP contribution in [0.1, 0.15) is 5.56 Å². The molecule has 0 aliphatic carbocycles. The number of nitriles is 1. The molecule has 2 amide bonds. The topological polar surface area (TPSA) is 134 Å². The highest BCUT2D eigenvalue weighted by atomic mass is 35.5. The molecule has 35 heavy (non-hydrogen) atoms. The van der Waals surface area contributed by atoms with Crippen molar-refractivity contribution in [3.8, 4) is 11.8 Å². The number of hydrogen-bond donors (Lipinski definition) is 2. The molecule has 0 spiro atoms. The highest BCUT2D eigenvalue weighted by Gasteiger charge is 2.13. The SMILES string of the molecule is N#C/C(=C\c1ccc(OCC(=O)Nc2ccc(Cl)cc2)c(Cl)c1)C(=O)Nc1cccc([N+](=O)[O-])c1. The van der Waals surface area contributed by atoms with Gasteiger partial charge in [0.1, 0.15) is 17.4 Å². The minimum absolute atomic E-state index is 0.162. The van der Waals surface area contributed by atoms with Gasteiger partial charge in [0.15, 0.2) is 6.61 Å². The van der Waals surface area contributed by atoms with Crippen molar-refractivity contribution in [1.82, 2.24) is 0 Å². The fourth-order valence-corrected chi connectivity index (χ4v) is 3.18. The van der Waals surface area contributed by atoms with E-state index in [0.29, 0.717) is 16.3 Å². The molecule has 0 aliphatic rings. The number of anilines is 2. The Morgan fingerprint density at radius 3 is 2.43 bits per heavy atom. The lowest BCUT2D eigenvalue weighted by Gasteiger charge is -2.10. The lowest BCUT2D eigenvalue weighted by Crippen LogP contribution is -2.20. The molecular formula is C24H16Cl2N4O5. The van der Waals surface area contributed by atoms with Crippen molar-refractivity contribution in [3.05, 3.63) is 98.0 Å². The maximum atomic E-state index is 12.4. The average molecular weight is 511 g/mol. The van der Waals surface area contributed by atoms with Crippen molar-refractivity contribution in [2.24, 2.45) is 0 Å². The van der Waals surface area contributed by atoms with Crippen LogP contribution < -0.4 is 15.4 Å². The number of nitro groups is 1. The van der Waals surface area contributed by atoms with Crippen molar-refractivity contribution in [3.63, 3.8) is 0 Å². The number of nitro benzene ring substituents is 1. The van der Waals surface area contributed by atoms with Gasteiger partial charge < -0.3 is 15.4 Å². The summed E-state index contributed by atoms with van der Waals surface area (Å²) >= 11 is 12.0. The standard InChI is InChI=1S/C24H16Cl2N4O5/c25-17-5-7-18(8-6-17)28-23(31)14-35-22-9-4-15(11-21(22)26)10-16(13-27)24(32)29-19-2-1-3-20(12-19)30(33)34/h1-12H,14H2,(H,28,31)(H,29,32)/b16-10+. The van der Waals surface area contributed by atoms with Crippen LogP contribution in [0.15, 0.2) is 72.3 Å². The summed E-state index contributed by atoms with van der Waals surface area (Å²) in [5.74, 6) is -0.921. The molecule has 176 valence electrons. The Balaban J connectivity index is 1.64. The third kappa shape index (κ3) is 7.30. The molecule has 11 heteroatoms. The van der Waals surface area contributed by atoms with Gasteiger partial charge in [-0.1, -0.05) is 35.3 Å². The zero-order chi connectivity index (χ0) is 25.4. The number of nitrogens with one attached hydrogen (secondary N) is 2. The van der Waals surface area contributed by atoms with Crippen molar-refractivity contribution < 1.29 is 19.2 Å². The first kappa shape index (κ1) is 25.2. The normalized spacial score (nSPS) is 10.7. The van der Waals surface area contributed by atoms with Crippen LogP contribution in [0.5, 0.6) is 5.75 Å². The van der Waals surface area contributed by atoms with E-state index in [-0.39, 0.29) is 34.3 Å². The number of hydrogen-bond acceptors (Lipinski definition) is 6. The van der Waals surface area contributed by atoms with Crippen LogP contribution >= 0.6 is 23.2 Å². The Bertz CT molecular complexity index is 1350. The maximum Gasteiger partial charge on any atom is 0.271 e. The maximum absolute atomic E-state index is 12.4. The van der Waals surface area contributed by atoms with Gasteiger partial charge in [-0.3, -0.25) is 19.7 Å². The number of benzene rings is 3. The fraction of sp³-hybridized carbons (Fsp3) is 0.0417. The van der Waals surface area contributed by atoms with Gasteiger partial charge in [0.25, 0.3) is 17.5 Å². The van der Waals surface area contributed by atoms with Crippen molar-refractivity contribution >= 4 is 58.2 Å². The van der Waals surface area contributed by atoms with E-state index < -0.39 is 16.7 Å². The number of carbonyl (C=O) groups excluding carboxylic acids is 2. The second kappa shape index (κ2) is 11.7. The predicted molar refractivity (Wildman–Crippen MR) is 132 cm³/mol. The van der Waals surface area contributed by atoms with Crippen LogP contribution in [0.2, 0.25) is 10.0 Å². The molecule has 0 bridgehead atoms. The Labute approximate surface area is 209 Å². The number of rotatable bonds is 8. The second-order valence-electron chi connectivity index (χ2n) is 6.96. The van der Waals surface area contributed by atoms with Gasteiger partial charge in [0.05, 0.1) is 9.95 Å². The third-order valence-electron chi connectivity index (χ3n) is 4.43. The average Bonchev–Trinajstić information content (AvgIpc) is 2.83. The predicted octanol–water partition coefficient (Wildman–Crippen LogP) is 5.46. The molecule has 3 aromatic carbocycles. The first-order chi connectivity index (χ1) is 16.7. The monoisotopic (exact) mass is 510 g/mol.